The number of carbonyl (C=O) groups is 1. The fraction of sp³-hybridized carbons (Fsp3) is 0.333. The molecule has 21 heavy (non-hydrogen) atoms. The van der Waals surface area contributed by atoms with Crippen molar-refractivity contribution in [3.05, 3.63) is 27.8 Å². The normalized spacial score (nSPS) is 11.4. The van der Waals surface area contributed by atoms with Crippen molar-refractivity contribution in [1.29, 1.82) is 0 Å². The van der Waals surface area contributed by atoms with E-state index in [1.54, 1.807) is 12.3 Å². The van der Waals surface area contributed by atoms with E-state index in [1.807, 2.05) is 6.92 Å². The topological polar surface area (TPSA) is 101 Å². The molecule has 0 saturated carbocycles. The van der Waals surface area contributed by atoms with Crippen molar-refractivity contribution < 1.29 is 17.9 Å². The molecule has 0 bridgehead atoms. The van der Waals surface area contributed by atoms with Gasteiger partial charge in [0, 0.05) is 6.42 Å². The molecule has 2 heterocycles. The molecule has 9 heteroatoms. The summed E-state index contributed by atoms with van der Waals surface area (Å²) in [5.41, 5.74) is 0.888. The molecule has 0 spiro atoms. The summed E-state index contributed by atoms with van der Waals surface area (Å²) in [7, 11) is -2.58. The smallest absolute Gasteiger partial charge is 0.350 e. The summed E-state index contributed by atoms with van der Waals surface area (Å²) in [6.45, 7) is 3.58. The maximum atomic E-state index is 12.3. The Balaban J connectivity index is 2.37. The van der Waals surface area contributed by atoms with Crippen molar-refractivity contribution in [2.75, 3.05) is 11.8 Å². The van der Waals surface area contributed by atoms with E-state index in [-0.39, 0.29) is 15.6 Å². The summed E-state index contributed by atoms with van der Waals surface area (Å²) < 4.78 is 31.7. The number of sulfonamides is 1. The lowest BCUT2D eigenvalue weighted by molar-refractivity contribution is 0.0607. The third-order valence-electron chi connectivity index (χ3n) is 2.81. The van der Waals surface area contributed by atoms with Gasteiger partial charge in [0.15, 0.2) is 5.03 Å². The number of ether oxygens (including phenoxy) is 1. The molecule has 2 rings (SSSR count). The Labute approximate surface area is 126 Å². The molecule has 2 aromatic heterocycles. The van der Waals surface area contributed by atoms with Gasteiger partial charge < -0.3 is 9.72 Å². The average Bonchev–Trinajstić information content (AvgIpc) is 3.06. The molecule has 0 aliphatic heterocycles. The van der Waals surface area contributed by atoms with Crippen LogP contribution in [0.4, 0.5) is 5.69 Å². The number of nitrogens with one attached hydrogen (secondary N) is 2. The maximum absolute atomic E-state index is 12.3. The van der Waals surface area contributed by atoms with E-state index in [2.05, 4.69) is 19.4 Å². The van der Waals surface area contributed by atoms with Crippen molar-refractivity contribution in [3.8, 4) is 0 Å². The van der Waals surface area contributed by atoms with Gasteiger partial charge in [0.1, 0.15) is 10.7 Å². The fourth-order valence-electron chi connectivity index (χ4n) is 1.66. The molecule has 0 fully saturated rings. The van der Waals surface area contributed by atoms with Gasteiger partial charge in [-0.3, -0.25) is 4.72 Å². The number of aryl methyl sites for hydroxylation is 2. The lowest BCUT2D eigenvalue weighted by Crippen LogP contribution is -2.16. The maximum Gasteiger partial charge on any atom is 0.350 e. The molecule has 2 aromatic rings. The minimum atomic E-state index is -3.83. The molecule has 0 atom stereocenters. The number of methoxy groups -OCH3 is 1. The number of hydrogen-bond acceptors (Lipinski definition) is 6. The number of aromatic amines is 1. The predicted molar refractivity (Wildman–Crippen MR) is 79.2 cm³/mol. The quantitative estimate of drug-likeness (QED) is 0.816. The number of imidazole rings is 1. The molecule has 7 nitrogen and oxygen atoms in total. The van der Waals surface area contributed by atoms with Crippen LogP contribution in [0, 0.1) is 6.92 Å². The van der Waals surface area contributed by atoms with E-state index in [0.29, 0.717) is 17.8 Å². The van der Waals surface area contributed by atoms with Crippen LogP contribution in [-0.4, -0.2) is 31.5 Å². The zero-order valence-corrected chi connectivity index (χ0v) is 13.4. The zero-order valence-electron chi connectivity index (χ0n) is 11.8. The Morgan fingerprint density at radius 3 is 2.81 bits per heavy atom. The highest BCUT2D eigenvalue weighted by atomic mass is 32.2. The number of rotatable bonds is 5. The number of thiophene rings is 1. The zero-order chi connectivity index (χ0) is 15.6. The molecule has 0 saturated heterocycles. The van der Waals surface area contributed by atoms with Gasteiger partial charge in [-0.25, -0.2) is 9.78 Å². The fourth-order valence-corrected chi connectivity index (χ4v) is 3.73. The van der Waals surface area contributed by atoms with Gasteiger partial charge in [-0.15, -0.1) is 11.3 Å². The summed E-state index contributed by atoms with van der Waals surface area (Å²) >= 11 is 1.13. The Hall–Kier alpha value is -1.87. The number of anilines is 1. The number of H-pyrrole nitrogens is 1. The second-order valence-corrected chi connectivity index (χ2v) is 6.80. The van der Waals surface area contributed by atoms with E-state index in [4.69, 9.17) is 0 Å². The van der Waals surface area contributed by atoms with E-state index in [0.717, 1.165) is 11.3 Å². The van der Waals surface area contributed by atoms with Crippen LogP contribution in [-0.2, 0) is 21.2 Å². The molecule has 114 valence electrons. The van der Waals surface area contributed by atoms with E-state index in [9.17, 15) is 13.2 Å². The van der Waals surface area contributed by atoms with Gasteiger partial charge in [0.2, 0.25) is 0 Å². The standard InChI is InChI=1S/C12H15N3O4S2/c1-4-8-13-5-9(14-8)21(17,18)15-10-7(2)6-20-11(10)12(16)19-3/h5-6,15H,4H2,1-3H3,(H,13,14). The summed E-state index contributed by atoms with van der Waals surface area (Å²) in [5.74, 6) is -0.00438. The predicted octanol–water partition coefficient (Wildman–Crippen LogP) is 1.93. The molecular formula is C12H15N3O4S2. The highest BCUT2D eigenvalue weighted by Gasteiger charge is 2.23. The lowest BCUT2D eigenvalue weighted by Gasteiger charge is -2.08. The first-order chi connectivity index (χ1) is 9.89. The van der Waals surface area contributed by atoms with Crippen molar-refractivity contribution in [1.82, 2.24) is 9.97 Å². The number of hydrogen-bond donors (Lipinski definition) is 2. The largest absolute Gasteiger partial charge is 0.465 e. The molecule has 0 unspecified atom stereocenters. The van der Waals surface area contributed by atoms with Crippen LogP contribution < -0.4 is 4.72 Å². The molecule has 0 aromatic carbocycles. The minimum Gasteiger partial charge on any atom is -0.465 e. The van der Waals surface area contributed by atoms with Crippen LogP contribution in [0.3, 0.4) is 0 Å². The lowest BCUT2D eigenvalue weighted by atomic mass is 10.3. The first-order valence-electron chi connectivity index (χ1n) is 6.12. The van der Waals surface area contributed by atoms with Crippen LogP contribution in [0.2, 0.25) is 0 Å². The van der Waals surface area contributed by atoms with Crippen LogP contribution in [0.15, 0.2) is 16.6 Å². The highest BCUT2D eigenvalue weighted by Crippen LogP contribution is 2.30. The average molecular weight is 329 g/mol. The number of nitrogens with zero attached hydrogens (tertiary/aromatic N) is 1. The SMILES string of the molecule is CCc1ncc(S(=O)(=O)Nc2c(C)csc2C(=O)OC)[nH]1. The minimum absolute atomic E-state index is 0.0410. The van der Waals surface area contributed by atoms with Crippen molar-refractivity contribution in [3.63, 3.8) is 0 Å². The molecular weight excluding hydrogens is 314 g/mol. The van der Waals surface area contributed by atoms with Gasteiger partial charge in [0.25, 0.3) is 10.0 Å². The number of carbonyl (C=O) groups excluding carboxylic acids is 1. The Morgan fingerprint density at radius 1 is 1.52 bits per heavy atom. The van der Waals surface area contributed by atoms with Crippen LogP contribution in [0.1, 0.15) is 28.0 Å². The van der Waals surface area contributed by atoms with Crippen molar-refractivity contribution in [2.24, 2.45) is 0 Å². The van der Waals surface area contributed by atoms with Gasteiger partial charge in [-0.05, 0) is 17.9 Å². The van der Waals surface area contributed by atoms with Gasteiger partial charge >= 0.3 is 5.97 Å². The van der Waals surface area contributed by atoms with Crippen LogP contribution in [0.25, 0.3) is 0 Å². The van der Waals surface area contributed by atoms with E-state index in [1.165, 1.54) is 13.3 Å². The van der Waals surface area contributed by atoms with Crippen LogP contribution >= 0.6 is 11.3 Å². The van der Waals surface area contributed by atoms with Gasteiger partial charge in [-0.1, -0.05) is 6.92 Å². The number of esters is 1. The Kier molecular flexibility index (Phi) is 4.33. The Bertz CT molecular complexity index is 761. The van der Waals surface area contributed by atoms with Crippen LogP contribution in [0.5, 0.6) is 0 Å². The highest BCUT2D eigenvalue weighted by molar-refractivity contribution is 7.92. The monoisotopic (exact) mass is 329 g/mol. The third kappa shape index (κ3) is 3.08. The number of aromatic nitrogens is 2. The second-order valence-electron chi connectivity index (χ2n) is 4.27. The molecule has 0 aliphatic carbocycles. The van der Waals surface area contributed by atoms with Crippen molar-refractivity contribution >= 4 is 33.0 Å². The molecule has 0 amide bonds. The van der Waals surface area contributed by atoms with E-state index < -0.39 is 16.0 Å². The Morgan fingerprint density at radius 2 is 2.24 bits per heavy atom. The second kappa shape index (κ2) is 5.86. The first kappa shape index (κ1) is 15.5. The molecule has 0 radical (unpaired) electrons. The third-order valence-corrected chi connectivity index (χ3v) is 5.15. The molecule has 2 N–H and O–H groups in total. The summed E-state index contributed by atoms with van der Waals surface area (Å²) in [6, 6.07) is 0. The summed E-state index contributed by atoms with van der Waals surface area (Å²) in [5, 5.41) is 1.65. The van der Waals surface area contributed by atoms with Crippen molar-refractivity contribution in [2.45, 2.75) is 25.3 Å². The summed E-state index contributed by atoms with van der Waals surface area (Å²) in [4.78, 5) is 18.6. The molecule has 0 aliphatic rings. The summed E-state index contributed by atoms with van der Waals surface area (Å²) in [6.07, 6.45) is 1.85. The van der Waals surface area contributed by atoms with Gasteiger partial charge in [-0.2, -0.15) is 8.42 Å². The first-order valence-corrected chi connectivity index (χ1v) is 8.48. The van der Waals surface area contributed by atoms with Gasteiger partial charge in [0.05, 0.1) is 19.0 Å². The van der Waals surface area contributed by atoms with E-state index >= 15 is 0 Å².